The maximum atomic E-state index is 5.42. The molecular weight excluding hydrogens is 689 g/mol. The van der Waals surface area contributed by atoms with Crippen LogP contribution in [-0.4, -0.2) is 9.55 Å². The molecule has 0 aliphatic carbocycles. The van der Waals surface area contributed by atoms with Gasteiger partial charge in [0.25, 0.3) is 0 Å². The lowest BCUT2D eigenvalue weighted by molar-refractivity contribution is 1.19. The van der Waals surface area contributed by atoms with E-state index in [9.17, 15) is 0 Å². The van der Waals surface area contributed by atoms with Crippen LogP contribution in [0.3, 0.4) is 0 Å². The normalized spacial score (nSPS) is 11.9. The zero-order valence-electron chi connectivity index (χ0n) is 31.0. The van der Waals surface area contributed by atoms with Crippen molar-refractivity contribution in [1.29, 1.82) is 0 Å². The minimum atomic E-state index is 0.944. The highest BCUT2D eigenvalue weighted by molar-refractivity contribution is 6.36. The van der Waals surface area contributed by atoms with Crippen LogP contribution in [0.25, 0.3) is 115 Å². The van der Waals surface area contributed by atoms with Crippen LogP contribution in [0.1, 0.15) is 0 Å². The first-order valence-corrected chi connectivity index (χ1v) is 19.6. The van der Waals surface area contributed by atoms with Crippen LogP contribution in [0, 0.1) is 0 Å². The number of fused-ring (bicyclic) bond motifs is 12. The number of nitrogens with zero attached hydrogens (tertiary/aromatic N) is 2. The van der Waals surface area contributed by atoms with Crippen molar-refractivity contribution in [3.8, 4) is 39.3 Å². The summed E-state index contributed by atoms with van der Waals surface area (Å²) in [5.41, 5.74) is 10.0. The Bertz CT molecular complexity index is 3460. The lowest BCUT2D eigenvalue weighted by Gasteiger charge is -2.15. The van der Waals surface area contributed by atoms with E-state index in [0.29, 0.717) is 0 Å². The molecular formula is C55H34N2. The lowest BCUT2D eigenvalue weighted by atomic mass is 9.93. The molecule has 12 rings (SSSR count). The average molecular weight is 723 g/mol. The number of pyridine rings is 1. The molecule has 264 valence electrons. The smallest absolute Gasteiger partial charge is 0.0721 e. The molecule has 0 N–H and O–H groups in total. The highest BCUT2D eigenvalue weighted by Crippen LogP contribution is 2.45. The van der Waals surface area contributed by atoms with E-state index in [1.807, 2.05) is 0 Å². The predicted molar refractivity (Wildman–Crippen MR) is 242 cm³/mol. The van der Waals surface area contributed by atoms with Gasteiger partial charge >= 0.3 is 0 Å². The molecule has 0 saturated heterocycles. The Labute approximate surface area is 329 Å². The van der Waals surface area contributed by atoms with Crippen molar-refractivity contribution >= 4 is 75.7 Å². The Morgan fingerprint density at radius 2 is 0.860 bits per heavy atom. The second kappa shape index (κ2) is 12.5. The van der Waals surface area contributed by atoms with Crippen LogP contribution in [0.4, 0.5) is 0 Å². The zero-order valence-corrected chi connectivity index (χ0v) is 31.0. The van der Waals surface area contributed by atoms with Gasteiger partial charge in [0.15, 0.2) is 0 Å². The standard InChI is InChI=1S/C55H34N2/c1-4-18-41-35(13-1)16-11-24-43(41)39-33-50(56-51(34-39)46-25-12-17-36-14-2-5-19-42(36)46)38-27-30-40(31-28-38)57-52-26-10-9-23-49(52)54-53-44-20-6-3-15-37(44)29-32-47(53)45-21-7-8-22-48(45)55(54)57/h1-34H. The van der Waals surface area contributed by atoms with Gasteiger partial charge in [-0.25, -0.2) is 4.98 Å². The van der Waals surface area contributed by atoms with E-state index in [-0.39, 0.29) is 0 Å². The van der Waals surface area contributed by atoms with E-state index >= 15 is 0 Å². The largest absolute Gasteiger partial charge is 0.309 e. The van der Waals surface area contributed by atoms with Crippen LogP contribution in [0.15, 0.2) is 206 Å². The van der Waals surface area contributed by atoms with Gasteiger partial charge in [-0.15, -0.1) is 0 Å². The summed E-state index contributed by atoms with van der Waals surface area (Å²) in [6.07, 6.45) is 0. The zero-order chi connectivity index (χ0) is 37.5. The van der Waals surface area contributed by atoms with Gasteiger partial charge in [-0.1, -0.05) is 176 Å². The van der Waals surface area contributed by atoms with Gasteiger partial charge in [0.05, 0.1) is 22.4 Å². The molecule has 0 aliphatic rings. The third-order valence-corrected chi connectivity index (χ3v) is 11.9. The van der Waals surface area contributed by atoms with E-state index in [4.69, 9.17) is 4.98 Å². The fourth-order valence-corrected chi connectivity index (χ4v) is 9.39. The Hall–Kier alpha value is -7.55. The van der Waals surface area contributed by atoms with Crippen LogP contribution in [0.2, 0.25) is 0 Å². The summed E-state index contributed by atoms with van der Waals surface area (Å²) >= 11 is 0. The Balaban J connectivity index is 1.10. The number of para-hydroxylation sites is 1. The molecule has 0 fully saturated rings. The molecule has 0 bridgehead atoms. The Morgan fingerprint density at radius 1 is 0.316 bits per heavy atom. The van der Waals surface area contributed by atoms with Gasteiger partial charge in [-0.3, -0.25) is 0 Å². The SMILES string of the molecule is c1ccc2c(-c3cc(-c4ccc(-n5c6ccccc6c6c7c8ccccc8ccc7c7ccccc7c65)cc4)nc(-c4cccc5ccccc45)c3)cccc2c1. The summed E-state index contributed by atoms with van der Waals surface area (Å²) in [4.78, 5) is 5.42. The maximum Gasteiger partial charge on any atom is 0.0721 e. The second-order valence-corrected chi connectivity index (χ2v) is 15.1. The van der Waals surface area contributed by atoms with Crippen molar-refractivity contribution in [2.24, 2.45) is 0 Å². The second-order valence-electron chi connectivity index (χ2n) is 15.1. The fraction of sp³-hybridized carbons (Fsp3) is 0. The fourth-order valence-electron chi connectivity index (χ4n) is 9.39. The van der Waals surface area contributed by atoms with Crippen LogP contribution >= 0.6 is 0 Å². The highest BCUT2D eigenvalue weighted by atomic mass is 15.0. The molecule has 0 unspecified atom stereocenters. The number of benzene rings is 10. The average Bonchev–Trinajstić information content (AvgIpc) is 3.64. The molecule has 2 heteroatoms. The third-order valence-electron chi connectivity index (χ3n) is 11.9. The number of rotatable bonds is 4. The summed E-state index contributed by atoms with van der Waals surface area (Å²) in [6.45, 7) is 0. The van der Waals surface area contributed by atoms with Crippen LogP contribution in [0.5, 0.6) is 0 Å². The van der Waals surface area contributed by atoms with E-state index in [2.05, 4.69) is 211 Å². The van der Waals surface area contributed by atoms with Crippen molar-refractivity contribution < 1.29 is 0 Å². The monoisotopic (exact) mass is 722 g/mol. The molecule has 2 aromatic heterocycles. The van der Waals surface area contributed by atoms with Gasteiger partial charge in [0, 0.05) is 38.4 Å². The molecule has 10 aromatic carbocycles. The van der Waals surface area contributed by atoms with Crippen molar-refractivity contribution in [1.82, 2.24) is 9.55 Å². The minimum Gasteiger partial charge on any atom is -0.309 e. The minimum absolute atomic E-state index is 0.944. The molecule has 2 heterocycles. The molecule has 57 heavy (non-hydrogen) atoms. The van der Waals surface area contributed by atoms with E-state index < -0.39 is 0 Å². The van der Waals surface area contributed by atoms with Crippen molar-refractivity contribution in [2.45, 2.75) is 0 Å². The van der Waals surface area contributed by atoms with Crippen molar-refractivity contribution in [3.63, 3.8) is 0 Å². The molecule has 0 radical (unpaired) electrons. The maximum absolute atomic E-state index is 5.42. The quantitative estimate of drug-likeness (QED) is 0.165. The molecule has 0 atom stereocenters. The van der Waals surface area contributed by atoms with Crippen LogP contribution in [-0.2, 0) is 0 Å². The first-order chi connectivity index (χ1) is 28.3. The van der Waals surface area contributed by atoms with Gasteiger partial charge in [-0.05, 0) is 84.5 Å². The number of aromatic nitrogens is 2. The first-order valence-electron chi connectivity index (χ1n) is 19.6. The third kappa shape index (κ3) is 4.87. The van der Waals surface area contributed by atoms with E-state index in [1.54, 1.807) is 0 Å². The summed E-state index contributed by atoms with van der Waals surface area (Å²) in [5.74, 6) is 0. The Kier molecular flexibility index (Phi) is 6.96. The van der Waals surface area contributed by atoms with Crippen LogP contribution < -0.4 is 0 Å². The van der Waals surface area contributed by atoms with E-state index in [0.717, 1.165) is 33.8 Å². The highest BCUT2D eigenvalue weighted by Gasteiger charge is 2.20. The van der Waals surface area contributed by atoms with Gasteiger partial charge in [0.1, 0.15) is 0 Å². The number of hydrogen-bond acceptors (Lipinski definition) is 1. The Morgan fingerprint density at radius 3 is 1.60 bits per heavy atom. The molecule has 0 amide bonds. The summed E-state index contributed by atoms with van der Waals surface area (Å²) in [5, 5.41) is 15.1. The van der Waals surface area contributed by atoms with Crippen molar-refractivity contribution in [3.05, 3.63) is 206 Å². The topological polar surface area (TPSA) is 17.8 Å². The molecule has 0 aliphatic heterocycles. The lowest BCUT2D eigenvalue weighted by Crippen LogP contribution is -1.96. The van der Waals surface area contributed by atoms with Crippen molar-refractivity contribution in [2.75, 3.05) is 0 Å². The summed E-state index contributed by atoms with van der Waals surface area (Å²) in [6, 6.07) is 75.0. The summed E-state index contributed by atoms with van der Waals surface area (Å²) < 4.78 is 2.47. The predicted octanol–water partition coefficient (Wildman–Crippen LogP) is 14.9. The van der Waals surface area contributed by atoms with E-state index in [1.165, 1.54) is 81.2 Å². The summed E-state index contributed by atoms with van der Waals surface area (Å²) in [7, 11) is 0. The molecule has 2 nitrogen and oxygen atoms in total. The van der Waals surface area contributed by atoms with Gasteiger partial charge < -0.3 is 4.57 Å². The molecule has 0 saturated carbocycles. The molecule has 0 spiro atoms. The van der Waals surface area contributed by atoms with Gasteiger partial charge in [0.2, 0.25) is 0 Å². The van der Waals surface area contributed by atoms with Gasteiger partial charge in [-0.2, -0.15) is 0 Å². The first kappa shape index (κ1) is 31.8. The molecule has 12 aromatic rings. The number of hydrogen-bond donors (Lipinski definition) is 0.